The number of hydrogen-bond acceptors (Lipinski definition) is 7. The number of nitrogens with zero attached hydrogens (tertiary/aromatic N) is 2. The second kappa shape index (κ2) is 7.83. The first-order valence-corrected chi connectivity index (χ1v) is 8.36. The number of ether oxygens (including phenoxy) is 2. The molecule has 28 heavy (non-hydrogen) atoms. The zero-order valence-electron chi connectivity index (χ0n) is 15.6. The van der Waals surface area contributed by atoms with Crippen LogP contribution in [0.2, 0.25) is 0 Å². The normalized spacial score (nSPS) is 10.4. The highest BCUT2D eigenvalue weighted by Crippen LogP contribution is 2.35. The lowest BCUT2D eigenvalue weighted by atomic mass is 10.2. The Morgan fingerprint density at radius 1 is 1.14 bits per heavy atom. The Morgan fingerprint density at radius 2 is 1.93 bits per heavy atom. The number of aryl methyl sites for hydroxylation is 2. The number of benzene rings is 2. The smallest absolute Gasteiger partial charge is 0.294 e. The number of rotatable bonds is 6. The van der Waals surface area contributed by atoms with Crippen LogP contribution in [-0.4, -0.2) is 22.9 Å². The van der Waals surface area contributed by atoms with Crippen LogP contribution in [-0.2, 0) is 7.05 Å². The van der Waals surface area contributed by atoms with Crippen molar-refractivity contribution in [1.82, 2.24) is 9.78 Å². The van der Waals surface area contributed by atoms with E-state index < -0.39 is 11.5 Å². The quantitative estimate of drug-likeness (QED) is 0.697. The summed E-state index contributed by atoms with van der Waals surface area (Å²) < 4.78 is 12.4. The van der Waals surface area contributed by atoms with Crippen LogP contribution in [0, 0.1) is 6.92 Å². The Kier molecular flexibility index (Phi) is 5.30. The molecule has 3 rings (SSSR count). The monoisotopic (exact) mass is 380 g/mol. The number of aromatic nitrogens is 2. The molecule has 0 saturated carbocycles. The minimum atomic E-state index is -1.31. The molecule has 0 aliphatic carbocycles. The molecule has 2 aromatic carbocycles. The number of carbonyl (C=O) groups is 1. The Morgan fingerprint density at radius 3 is 2.64 bits per heavy atom. The van der Waals surface area contributed by atoms with Crippen molar-refractivity contribution >= 4 is 17.3 Å². The van der Waals surface area contributed by atoms with E-state index in [2.05, 4.69) is 10.4 Å². The molecule has 0 aliphatic heterocycles. The van der Waals surface area contributed by atoms with E-state index in [4.69, 9.17) is 9.47 Å². The van der Waals surface area contributed by atoms with Gasteiger partial charge in [0.15, 0.2) is 22.9 Å². The van der Waals surface area contributed by atoms with Gasteiger partial charge in [0.2, 0.25) is 0 Å². The molecular weight excluding hydrogens is 362 g/mol. The zero-order chi connectivity index (χ0) is 20.3. The van der Waals surface area contributed by atoms with Crippen LogP contribution >= 0.6 is 0 Å². The number of aromatic carboxylic acids is 1. The maximum absolute atomic E-state index is 12.6. The fraction of sp³-hybridized carbons (Fsp3) is 0.150. The van der Waals surface area contributed by atoms with Gasteiger partial charge < -0.3 is 24.7 Å². The fourth-order valence-electron chi connectivity index (χ4n) is 2.56. The highest BCUT2D eigenvalue weighted by atomic mass is 16.5. The SMILES string of the molecule is COc1cc(C)ccc1Oc1cnn(C)c(=O)c1Nc1cccc(C(=O)[O-])c1. The summed E-state index contributed by atoms with van der Waals surface area (Å²) in [5.74, 6) is -0.225. The molecule has 0 saturated heterocycles. The van der Waals surface area contributed by atoms with E-state index in [0.717, 1.165) is 10.2 Å². The number of nitrogens with one attached hydrogen (secondary N) is 1. The average molecular weight is 380 g/mol. The first-order chi connectivity index (χ1) is 13.4. The van der Waals surface area contributed by atoms with Crippen LogP contribution in [0.15, 0.2) is 53.5 Å². The van der Waals surface area contributed by atoms with E-state index in [9.17, 15) is 14.7 Å². The molecule has 1 heterocycles. The van der Waals surface area contributed by atoms with Gasteiger partial charge in [0.05, 0.1) is 19.3 Å². The van der Waals surface area contributed by atoms with Crippen molar-refractivity contribution in [1.29, 1.82) is 0 Å². The van der Waals surface area contributed by atoms with Gasteiger partial charge >= 0.3 is 0 Å². The molecule has 0 unspecified atom stereocenters. The van der Waals surface area contributed by atoms with Crippen molar-refractivity contribution in [2.24, 2.45) is 7.05 Å². The highest BCUT2D eigenvalue weighted by Gasteiger charge is 2.15. The fourth-order valence-corrected chi connectivity index (χ4v) is 2.56. The Balaban J connectivity index is 2.02. The molecule has 0 radical (unpaired) electrons. The molecule has 0 fully saturated rings. The van der Waals surface area contributed by atoms with Crippen LogP contribution in [0.3, 0.4) is 0 Å². The predicted octanol–water partition coefficient (Wildman–Crippen LogP) is 2.00. The molecule has 144 valence electrons. The number of anilines is 2. The van der Waals surface area contributed by atoms with Crippen LogP contribution in [0.4, 0.5) is 11.4 Å². The Bertz CT molecular complexity index is 1090. The van der Waals surface area contributed by atoms with Gasteiger partial charge in [-0.1, -0.05) is 18.2 Å². The first-order valence-electron chi connectivity index (χ1n) is 8.36. The van der Waals surface area contributed by atoms with Crippen molar-refractivity contribution in [2.75, 3.05) is 12.4 Å². The molecule has 0 amide bonds. The van der Waals surface area contributed by atoms with Gasteiger partial charge in [-0.15, -0.1) is 0 Å². The van der Waals surface area contributed by atoms with E-state index in [1.807, 2.05) is 13.0 Å². The van der Waals surface area contributed by atoms with Gasteiger partial charge in [0.1, 0.15) is 0 Å². The molecule has 0 atom stereocenters. The maximum atomic E-state index is 12.6. The summed E-state index contributed by atoms with van der Waals surface area (Å²) in [5, 5.41) is 18.0. The number of carbonyl (C=O) groups excluding carboxylic acids is 1. The molecule has 0 bridgehead atoms. The average Bonchev–Trinajstić information content (AvgIpc) is 2.68. The standard InChI is InChI=1S/C20H19N3O5/c1-12-7-8-15(16(9-12)27-3)28-17-11-21-23(2)19(24)18(17)22-14-6-4-5-13(10-14)20(25)26/h4-11,22H,1-3H3,(H,25,26)/p-1. The largest absolute Gasteiger partial charge is 0.545 e. The molecule has 1 N–H and O–H groups in total. The third-order valence-electron chi connectivity index (χ3n) is 4.01. The Labute approximate surface area is 161 Å². The summed E-state index contributed by atoms with van der Waals surface area (Å²) in [6.45, 7) is 1.92. The summed E-state index contributed by atoms with van der Waals surface area (Å²) in [7, 11) is 3.02. The van der Waals surface area contributed by atoms with Crippen LogP contribution in [0.5, 0.6) is 17.2 Å². The van der Waals surface area contributed by atoms with Crippen molar-refractivity contribution in [3.8, 4) is 17.2 Å². The molecule has 8 nitrogen and oxygen atoms in total. The highest BCUT2D eigenvalue weighted by molar-refractivity contribution is 5.87. The number of carboxylic acids is 1. The topological polar surface area (TPSA) is 106 Å². The second-order valence-electron chi connectivity index (χ2n) is 6.06. The van der Waals surface area contributed by atoms with Crippen molar-refractivity contribution in [2.45, 2.75) is 6.92 Å². The molecule has 0 aliphatic rings. The van der Waals surface area contributed by atoms with Crippen molar-refractivity contribution in [3.05, 3.63) is 70.1 Å². The number of carboxylic acid groups (broad SMARTS) is 1. The van der Waals surface area contributed by atoms with Crippen molar-refractivity contribution < 1.29 is 19.4 Å². The maximum Gasteiger partial charge on any atom is 0.294 e. The van der Waals surface area contributed by atoms with Gasteiger partial charge in [0.25, 0.3) is 5.56 Å². The Hall–Kier alpha value is -3.81. The van der Waals surface area contributed by atoms with Gasteiger partial charge in [-0.25, -0.2) is 4.68 Å². The summed E-state index contributed by atoms with van der Waals surface area (Å²) >= 11 is 0. The van der Waals surface area contributed by atoms with Crippen LogP contribution < -0.4 is 25.5 Å². The third kappa shape index (κ3) is 3.96. The van der Waals surface area contributed by atoms with Crippen LogP contribution in [0.25, 0.3) is 0 Å². The molecule has 1 aromatic heterocycles. The van der Waals surface area contributed by atoms with E-state index in [0.29, 0.717) is 17.2 Å². The molecular formula is C20H18N3O5-. The zero-order valence-corrected chi connectivity index (χ0v) is 15.6. The summed E-state index contributed by atoms with van der Waals surface area (Å²) in [4.78, 5) is 23.7. The van der Waals surface area contributed by atoms with E-state index in [1.165, 1.54) is 32.5 Å². The van der Waals surface area contributed by atoms with Crippen LogP contribution in [0.1, 0.15) is 15.9 Å². The third-order valence-corrected chi connectivity index (χ3v) is 4.01. The molecule has 0 spiro atoms. The molecule has 8 heteroatoms. The van der Waals surface area contributed by atoms with Gasteiger partial charge in [-0.2, -0.15) is 5.10 Å². The van der Waals surface area contributed by atoms with E-state index >= 15 is 0 Å². The number of methoxy groups -OCH3 is 1. The lowest BCUT2D eigenvalue weighted by Gasteiger charge is -2.15. The van der Waals surface area contributed by atoms with Gasteiger partial charge in [-0.05, 0) is 42.3 Å². The minimum absolute atomic E-state index is 0.0152. The number of hydrogen-bond donors (Lipinski definition) is 1. The van der Waals surface area contributed by atoms with Gasteiger partial charge in [-0.3, -0.25) is 4.79 Å². The summed E-state index contributed by atoms with van der Waals surface area (Å²) in [6.07, 6.45) is 1.39. The van der Waals surface area contributed by atoms with E-state index in [1.54, 1.807) is 24.3 Å². The summed E-state index contributed by atoms with van der Waals surface area (Å²) in [6, 6.07) is 11.3. The first kappa shape index (κ1) is 19.0. The second-order valence-corrected chi connectivity index (χ2v) is 6.06. The molecule has 3 aromatic rings. The minimum Gasteiger partial charge on any atom is -0.545 e. The van der Waals surface area contributed by atoms with Crippen molar-refractivity contribution in [3.63, 3.8) is 0 Å². The lowest BCUT2D eigenvalue weighted by molar-refractivity contribution is -0.255. The summed E-state index contributed by atoms with van der Waals surface area (Å²) in [5.41, 5.74) is 1.03. The lowest BCUT2D eigenvalue weighted by Crippen LogP contribution is -2.23. The van der Waals surface area contributed by atoms with E-state index in [-0.39, 0.29) is 17.0 Å². The predicted molar refractivity (Wildman–Crippen MR) is 101 cm³/mol. The van der Waals surface area contributed by atoms with Gasteiger partial charge in [0, 0.05) is 12.7 Å².